The first-order valence-corrected chi connectivity index (χ1v) is 7.15. The van der Waals surface area contributed by atoms with Crippen molar-refractivity contribution in [1.29, 1.82) is 0 Å². The Morgan fingerprint density at radius 1 is 0.950 bits per heavy atom. The number of aliphatic hydroxyl groups excluding tert-OH is 2. The largest absolute Gasteiger partial charge is 0.480 e. The van der Waals surface area contributed by atoms with E-state index in [0.717, 1.165) is 12.8 Å². The van der Waals surface area contributed by atoms with E-state index in [2.05, 4.69) is 0 Å². The van der Waals surface area contributed by atoms with Crippen LogP contribution in [0.15, 0.2) is 0 Å². The Kier molecular flexibility index (Phi) is 3.33. The number of amides is 2. The molecule has 0 aromatic heterocycles. The van der Waals surface area contributed by atoms with Crippen LogP contribution in [0, 0.1) is 0 Å². The minimum absolute atomic E-state index is 0.00318. The third kappa shape index (κ3) is 2.14. The second kappa shape index (κ2) is 4.89. The number of aliphatic carboxylic acids is 1. The molecule has 3 fully saturated rings. The molecule has 7 heteroatoms. The lowest BCUT2D eigenvalue weighted by Gasteiger charge is -2.40. The molecule has 0 aromatic carbocycles. The molecule has 4 atom stereocenters. The highest BCUT2D eigenvalue weighted by atomic mass is 16.4. The van der Waals surface area contributed by atoms with Crippen LogP contribution in [0.4, 0.5) is 4.79 Å². The van der Waals surface area contributed by atoms with Gasteiger partial charge in [0, 0.05) is 25.0 Å². The lowest BCUT2D eigenvalue weighted by atomic mass is 10.0. The van der Waals surface area contributed by atoms with Gasteiger partial charge in [-0.2, -0.15) is 0 Å². The van der Waals surface area contributed by atoms with Gasteiger partial charge >= 0.3 is 12.0 Å². The lowest BCUT2D eigenvalue weighted by molar-refractivity contribution is -0.141. The average Bonchev–Trinajstić information content (AvgIpc) is 2.88. The Bertz CT molecular complexity index is 415. The van der Waals surface area contributed by atoms with Crippen LogP contribution in [0.3, 0.4) is 0 Å². The van der Waals surface area contributed by atoms with Gasteiger partial charge in [0.2, 0.25) is 0 Å². The summed E-state index contributed by atoms with van der Waals surface area (Å²) < 4.78 is 0. The van der Waals surface area contributed by atoms with Crippen molar-refractivity contribution in [1.82, 2.24) is 9.80 Å². The number of aliphatic hydroxyl groups is 2. The van der Waals surface area contributed by atoms with E-state index < -0.39 is 18.1 Å². The zero-order valence-corrected chi connectivity index (χ0v) is 11.2. The standard InChI is InChI=1S/C13H20N2O5/c16-9-3-7-1-2-8(4-9)15(7)13(20)14-6-10(17)5-11(14)12(18)19/h7-11,16-17H,1-6H2,(H,18,19)/t7?,8?,9?,10-,11-/m1/s1. The summed E-state index contributed by atoms with van der Waals surface area (Å²) >= 11 is 0. The molecule has 3 saturated heterocycles. The summed E-state index contributed by atoms with van der Waals surface area (Å²) in [6, 6.07) is -1.23. The zero-order chi connectivity index (χ0) is 14.4. The molecule has 3 rings (SSSR count). The van der Waals surface area contributed by atoms with Crippen molar-refractivity contribution in [3.63, 3.8) is 0 Å². The van der Waals surface area contributed by atoms with Gasteiger partial charge in [-0.1, -0.05) is 0 Å². The number of piperidine rings is 1. The first kappa shape index (κ1) is 13.6. The predicted molar refractivity (Wildman–Crippen MR) is 68.0 cm³/mol. The Labute approximate surface area is 116 Å². The van der Waals surface area contributed by atoms with Crippen LogP contribution < -0.4 is 0 Å². The fourth-order valence-electron chi connectivity index (χ4n) is 3.87. The van der Waals surface area contributed by atoms with E-state index in [1.54, 1.807) is 4.90 Å². The van der Waals surface area contributed by atoms with Crippen molar-refractivity contribution in [2.45, 2.75) is 62.4 Å². The number of hydrogen-bond acceptors (Lipinski definition) is 4. The van der Waals surface area contributed by atoms with Crippen LogP contribution in [0.25, 0.3) is 0 Å². The molecule has 0 spiro atoms. The van der Waals surface area contributed by atoms with E-state index in [1.165, 1.54) is 4.90 Å². The minimum Gasteiger partial charge on any atom is -0.480 e. The molecule has 20 heavy (non-hydrogen) atoms. The monoisotopic (exact) mass is 284 g/mol. The summed E-state index contributed by atoms with van der Waals surface area (Å²) in [6.07, 6.45) is 1.81. The molecule has 2 bridgehead atoms. The maximum absolute atomic E-state index is 12.6. The second-order valence-electron chi connectivity index (χ2n) is 6.10. The Morgan fingerprint density at radius 3 is 2.10 bits per heavy atom. The van der Waals surface area contributed by atoms with Crippen molar-refractivity contribution in [2.24, 2.45) is 0 Å². The minimum atomic E-state index is -1.07. The van der Waals surface area contributed by atoms with E-state index in [4.69, 9.17) is 0 Å². The van der Waals surface area contributed by atoms with Gasteiger partial charge in [0.1, 0.15) is 6.04 Å². The zero-order valence-electron chi connectivity index (χ0n) is 11.2. The number of carboxylic acid groups (broad SMARTS) is 1. The van der Waals surface area contributed by atoms with Gasteiger partial charge in [0.25, 0.3) is 0 Å². The van der Waals surface area contributed by atoms with Crippen LogP contribution in [0.5, 0.6) is 0 Å². The summed E-state index contributed by atoms with van der Waals surface area (Å²) in [5.74, 6) is -1.07. The fraction of sp³-hybridized carbons (Fsp3) is 0.846. The summed E-state index contributed by atoms with van der Waals surface area (Å²) in [5, 5.41) is 28.6. The van der Waals surface area contributed by atoms with Gasteiger partial charge in [0.05, 0.1) is 12.2 Å². The Morgan fingerprint density at radius 2 is 1.55 bits per heavy atom. The number of β-amino-alcohol motifs (C(OH)–C–C–N with tert-alkyl or cyclic N) is 1. The molecular weight excluding hydrogens is 264 g/mol. The maximum Gasteiger partial charge on any atom is 0.326 e. The maximum atomic E-state index is 12.6. The van der Waals surface area contributed by atoms with Gasteiger partial charge in [-0.25, -0.2) is 9.59 Å². The summed E-state index contributed by atoms with van der Waals surface area (Å²) in [4.78, 5) is 26.8. The highest BCUT2D eigenvalue weighted by Gasteiger charge is 2.48. The smallest absolute Gasteiger partial charge is 0.326 e. The number of nitrogens with zero attached hydrogens (tertiary/aromatic N) is 2. The molecule has 0 saturated carbocycles. The molecule has 7 nitrogen and oxygen atoms in total. The molecule has 0 aromatic rings. The Hall–Kier alpha value is -1.34. The van der Waals surface area contributed by atoms with Crippen molar-refractivity contribution < 1.29 is 24.9 Å². The number of likely N-dealkylation sites (tertiary alicyclic amines) is 1. The lowest BCUT2D eigenvalue weighted by Crippen LogP contribution is -2.55. The highest BCUT2D eigenvalue weighted by molar-refractivity contribution is 5.84. The summed E-state index contributed by atoms with van der Waals surface area (Å²) in [6.45, 7) is 0.0777. The molecule has 112 valence electrons. The fourth-order valence-corrected chi connectivity index (χ4v) is 3.87. The van der Waals surface area contributed by atoms with Gasteiger partial charge < -0.3 is 25.1 Å². The van der Waals surface area contributed by atoms with Crippen LogP contribution >= 0.6 is 0 Å². The first-order chi connectivity index (χ1) is 9.47. The molecule has 3 N–H and O–H groups in total. The topological polar surface area (TPSA) is 101 Å². The van der Waals surface area contributed by atoms with Crippen molar-refractivity contribution >= 4 is 12.0 Å². The van der Waals surface area contributed by atoms with E-state index in [9.17, 15) is 24.9 Å². The molecule has 0 radical (unpaired) electrons. The molecule has 2 amide bonds. The second-order valence-corrected chi connectivity index (χ2v) is 6.10. The number of carboxylic acids is 1. The van der Waals surface area contributed by atoms with Gasteiger partial charge in [-0.05, 0) is 25.7 Å². The van der Waals surface area contributed by atoms with Crippen molar-refractivity contribution in [2.75, 3.05) is 6.54 Å². The third-order valence-electron chi connectivity index (χ3n) is 4.74. The number of rotatable bonds is 1. The summed E-state index contributed by atoms with van der Waals surface area (Å²) in [7, 11) is 0. The predicted octanol–water partition coefficient (Wildman–Crippen LogP) is -0.386. The number of hydrogen-bond donors (Lipinski definition) is 3. The van der Waals surface area contributed by atoms with E-state index in [-0.39, 0.29) is 37.2 Å². The van der Waals surface area contributed by atoms with Crippen LogP contribution in [-0.4, -0.2) is 74.0 Å². The van der Waals surface area contributed by atoms with Crippen molar-refractivity contribution in [3.05, 3.63) is 0 Å². The van der Waals surface area contributed by atoms with Crippen LogP contribution in [0.1, 0.15) is 32.1 Å². The Balaban J connectivity index is 1.77. The van der Waals surface area contributed by atoms with Crippen molar-refractivity contribution in [3.8, 4) is 0 Å². The third-order valence-corrected chi connectivity index (χ3v) is 4.74. The molecule has 0 aliphatic carbocycles. The van der Waals surface area contributed by atoms with Crippen LogP contribution in [0.2, 0.25) is 0 Å². The van der Waals surface area contributed by atoms with E-state index in [1.807, 2.05) is 0 Å². The molecular formula is C13H20N2O5. The molecule has 3 aliphatic heterocycles. The highest BCUT2D eigenvalue weighted by Crippen LogP contribution is 2.37. The first-order valence-electron chi connectivity index (χ1n) is 7.15. The normalized spacial score (nSPS) is 40.2. The van der Waals surface area contributed by atoms with Crippen LogP contribution in [-0.2, 0) is 4.79 Å². The quantitative estimate of drug-likeness (QED) is 0.609. The number of carbonyl (C=O) groups is 2. The van der Waals surface area contributed by atoms with Gasteiger partial charge in [-0.3, -0.25) is 0 Å². The van der Waals surface area contributed by atoms with Gasteiger partial charge in [0.15, 0.2) is 0 Å². The summed E-state index contributed by atoms with van der Waals surface area (Å²) in [5.41, 5.74) is 0. The average molecular weight is 284 g/mol. The number of carbonyl (C=O) groups excluding carboxylic acids is 1. The SMILES string of the molecule is O=C(O)[C@H]1C[C@@H](O)CN1C(=O)N1C2CCC1CC(O)C2. The molecule has 2 unspecified atom stereocenters. The van der Waals surface area contributed by atoms with Gasteiger partial charge in [-0.15, -0.1) is 0 Å². The van der Waals surface area contributed by atoms with E-state index in [0.29, 0.717) is 12.8 Å². The molecule has 3 heterocycles. The van der Waals surface area contributed by atoms with E-state index >= 15 is 0 Å². The number of urea groups is 1. The number of fused-ring (bicyclic) bond motifs is 2. The molecule has 3 aliphatic rings.